The number of hydrogen-bond acceptors (Lipinski definition) is 10. The van der Waals surface area contributed by atoms with E-state index in [1.54, 1.807) is 63.8 Å². The lowest BCUT2D eigenvalue weighted by Gasteiger charge is -2.32. The van der Waals surface area contributed by atoms with Crippen molar-refractivity contribution in [2.75, 3.05) is 40.4 Å². The number of amides is 2. The van der Waals surface area contributed by atoms with Gasteiger partial charge in [0.05, 0.1) is 35.3 Å². The molecule has 6 aromatic rings. The molecule has 2 amide bonds. The minimum atomic E-state index is -0.766. The third-order valence-electron chi connectivity index (χ3n) is 11.1. The normalized spacial score (nSPS) is 14.1. The molecule has 20 heteroatoms. The van der Waals surface area contributed by atoms with E-state index in [0.717, 1.165) is 29.1 Å². The number of carbonyl (C=O) groups is 2. The van der Waals surface area contributed by atoms with Gasteiger partial charge in [-0.25, -0.2) is 18.4 Å². The van der Waals surface area contributed by atoms with Gasteiger partial charge in [-0.15, -0.1) is 0 Å². The zero-order valence-corrected chi connectivity index (χ0v) is 47.5. The van der Waals surface area contributed by atoms with Crippen LogP contribution in [0.5, 0.6) is 11.5 Å². The topological polar surface area (TPSA) is 132 Å². The summed E-state index contributed by atoms with van der Waals surface area (Å²) in [5.74, 6) is -0.125. The summed E-state index contributed by atoms with van der Waals surface area (Å²) in [5.41, 5.74) is 1.19. The maximum atomic E-state index is 14.8. The predicted octanol–water partition coefficient (Wildman–Crippen LogP) is 11.7. The number of hydrogen-bond donors (Lipinski definition) is 0. The van der Waals surface area contributed by atoms with Crippen molar-refractivity contribution in [2.45, 2.75) is 91.6 Å². The van der Waals surface area contributed by atoms with Gasteiger partial charge in [0.25, 0.3) is 0 Å². The van der Waals surface area contributed by atoms with Crippen LogP contribution in [0.1, 0.15) is 69.2 Å². The number of nitrogens with zero attached hydrogens (tertiary/aromatic N) is 6. The Hall–Kier alpha value is -4.51. The largest absolute Gasteiger partial charge is 0.497 e. The molecule has 0 saturated carbocycles. The number of ether oxygens (including phenoxy) is 4. The second kappa shape index (κ2) is 22.9. The molecule has 0 N–H and O–H groups in total. The molecule has 2 aromatic heterocycles. The molecule has 7 rings (SSSR count). The first-order valence-corrected chi connectivity index (χ1v) is 25.1. The second-order valence-electron chi connectivity index (χ2n) is 19.6. The smallest absolute Gasteiger partial charge is 0.492 e. The number of carbonyl (C=O) groups excluding carboxylic acids is 2. The van der Waals surface area contributed by atoms with Crippen LogP contribution in [0.2, 0.25) is 0 Å². The molecule has 0 radical (unpaired) electrons. The zero-order valence-electron chi connectivity index (χ0n) is 42.2. The van der Waals surface area contributed by atoms with Crippen molar-refractivity contribution in [3.63, 3.8) is 0 Å². The van der Waals surface area contributed by atoms with Crippen LogP contribution < -0.4 is 14.9 Å². The number of halogens is 5. The average Bonchev–Trinajstić information content (AvgIpc) is 3.80. The Morgan fingerprint density at radius 2 is 1.13 bits per heavy atom. The number of rotatable bonds is 10. The fraction of sp³-hybridized carbons (Fsp3) is 0.440. The molecule has 70 heavy (non-hydrogen) atoms. The van der Waals surface area contributed by atoms with Gasteiger partial charge in [0.15, 0.2) is 0 Å². The molecule has 4 aromatic carbocycles. The molecule has 1 aliphatic rings. The summed E-state index contributed by atoms with van der Waals surface area (Å²) in [4.78, 5) is 26.7. The third kappa shape index (κ3) is 15.0. The molecule has 0 atom stereocenters. The average molecular weight is 1210 g/mol. The molecule has 0 bridgehead atoms. The summed E-state index contributed by atoms with van der Waals surface area (Å²) < 4.78 is 69.6. The molecule has 1 saturated heterocycles. The van der Waals surface area contributed by atoms with Gasteiger partial charge in [-0.05, 0) is 146 Å². The second-order valence-corrected chi connectivity index (χ2v) is 22.5. The maximum absolute atomic E-state index is 14.8. The molecule has 1 aliphatic heterocycles. The molecule has 378 valence electrons. The summed E-state index contributed by atoms with van der Waals surface area (Å²) >= 11 is 9.12. The Morgan fingerprint density at radius 1 is 0.686 bits per heavy atom. The van der Waals surface area contributed by atoms with E-state index in [0.29, 0.717) is 41.3 Å². The standard InChI is InChI=1S/C22H25BrFN3O3.C20H31BFNO5.C8H6BrIN2/c1-22(2,3)30-21(28)26(4)10-11-29-15-7-9-16(18(24)13-15)20-17-8-6-14(23)12-19(17)27(5)25-20;1-18(2,3)26-17(24)23(8)11-12-25-14-9-10-15(16(22)13-14)21-27-19(4,5)20(6,7)28-21;1-12-7-4-5(9)2-3-6(7)8(10)11-12/h6-9,12-13H,10-11H2,1-5H3;9-10,13H,11-12H2,1-8H3;2-4H,1H3. The van der Waals surface area contributed by atoms with E-state index in [-0.39, 0.29) is 13.2 Å². The molecule has 0 spiro atoms. The van der Waals surface area contributed by atoms with E-state index in [2.05, 4.69) is 76.8 Å². The van der Waals surface area contributed by atoms with Gasteiger partial charge in [-0.2, -0.15) is 10.2 Å². The SMILES string of the molecule is CN(CCOc1ccc(-c2nn(C)c3cc(Br)ccc23)c(F)c1)C(=O)OC(C)(C)C.CN(CCOc1ccc(B2OC(C)(C)C(C)(C)O2)c(F)c1)C(=O)OC(C)(C)C.Cn1nc(I)c2ccc(Br)cc21. The van der Waals surface area contributed by atoms with Crippen LogP contribution in [0.25, 0.3) is 33.1 Å². The number of likely N-dealkylation sites (N-methyl/N-ethyl adjacent to an activating group) is 2. The Kier molecular flexibility index (Phi) is 18.5. The molecule has 1 fully saturated rings. The third-order valence-corrected chi connectivity index (χ3v) is 12.8. The number of fused-ring (bicyclic) bond motifs is 2. The van der Waals surface area contributed by atoms with Crippen molar-refractivity contribution in [1.29, 1.82) is 0 Å². The van der Waals surface area contributed by atoms with Crippen LogP contribution in [-0.2, 0) is 32.9 Å². The van der Waals surface area contributed by atoms with Gasteiger partial charge in [0, 0.05) is 71.1 Å². The highest BCUT2D eigenvalue weighted by molar-refractivity contribution is 14.1. The Bertz CT molecular complexity index is 2800. The van der Waals surface area contributed by atoms with E-state index < -0.39 is 53.3 Å². The number of benzene rings is 4. The Morgan fingerprint density at radius 3 is 1.60 bits per heavy atom. The summed E-state index contributed by atoms with van der Waals surface area (Å²) in [7, 11) is 6.27. The van der Waals surface area contributed by atoms with Crippen LogP contribution in [-0.4, -0.2) is 111 Å². The minimum absolute atomic E-state index is 0.213. The van der Waals surface area contributed by atoms with E-state index >= 15 is 0 Å². The first-order valence-electron chi connectivity index (χ1n) is 22.4. The summed E-state index contributed by atoms with van der Waals surface area (Å²) in [6.45, 7) is 19.6. The first-order chi connectivity index (χ1) is 32.4. The molecular formula is C50H62BBr2F2IN6O8. The molecule has 14 nitrogen and oxygen atoms in total. The maximum Gasteiger partial charge on any atom is 0.497 e. The van der Waals surface area contributed by atoms with E-state index in [1.165, 1.54) is 27.3 Å². The fourth-order valence-corrected chi connectivity index (χ4v) is 8.09. The molecule has 3 heterocycles. The van der Waals surface area contributed by atoms with E-state index in [4.69, 9.17) is 28.3 Å². The molecule has 0 aliphatic carbocycles. The van der Waals surface area contributed by atoms with Gasteiger partial charge in [0.1, 0.15) is 56.9 Å². The highest BCUT2D eigenvalue weighted by Gasteiger charge is 2.52. The predicted molar refractivity (Wildman–Crippen MR) is 286 cm³/mol. The van der Waals surface area contributed by atoms with Crippen molar-refractivity contribution in [2.24, 2.45) is 14.1 Å². The quantitative estimate of drug-likeness (QED) is 0.0965. The Balaban J connectivity index is 0.000000211. The van der Waals surface area contributed by atoms with Gasteiger partial charge >= 0.3 is 19.3 Å². The van der Waals surface area contributed by atoms with E-state index in [9.17, 15) is 18.4 Å². The monoisotopic (exact) mass is 1210 g/mol. The highest BCUT2D eigenvalue weighted by atomic mass is 127. The van der Waals surface area contributed by atoms with Crippen LogP contribution >= 0.6 is 54.5 Å². The van der Waals surface area contributed by atoms with Gasteiger partial charge in [0.2, 0.25) is 0 Å². The number of aryl methyl sites for hydroxylation is 2. The lowest BCUT2D eigenvalue weighted by Crippen LogP contribution is -2.41. The summed E-state index contributed by atoms with van der Waals surface area (Å²) in [5, 5.41) is 10.9. The van der Waals surface area contributed by atoms with Gasteiger partial charge in [-0.1, -0.05) is 37.9 Å². The van der Waals surface area contributed by atoms with Crippen molar-refractivity contribution in [3.05, 3.63) is 97.1 Å². The Labute approximate surface area is 440 Å². The van der Waals surface area contributed by atoms with Crippen LogP contribution in [0.15, 0.2) is 81.7 Å². The van der Waals surface area contributed by atoms with Gasteiger partial charge < -0.3 is 38.1 Å². The fourth-order valence-electron chi connectivity index (χ4n) is 6.62. The van der Waals surface area contributed by atoms with Crippen LogP contribution in [0.4, 0.5) is 18.4 Å². The van der Waals surface area contributed by atoms with Crippen molar-refractivity contribution in [3.8, 4) is 22.8 Å². The highest BCUT2D eigenvalue weighted by Crippen LogP contribution is 2.37. The minimum Gasteiger partial charge on any atom is -0.492 e. The van der Waals surface area contributed by atoms with Gasteiger partial charge in [-0.3, -0.25) is 9.36 Å². The lowest BCUT2D eigenvalue weighted by molar-refractivity contribution is 0.00578. The first kappa shape index (κ1) is 56.4. The summed E-state index contributed by atoms with van der Waals surface area (Å²) in [6, 6.07) is 21.2. The van der Waals surface area contributed by atoms with Crippen molar-refractivity contribution >= 4 is 101 Å². The van der Waals surface area contributed by atoms with E-state index in [1.807, 2.05) is 91.5 Å². The van der Waals surface area contributed by atoms with Crippen molar-refractivity contribution < 1.29 is 46.6 Å². The number of aromatic nitrogens is 4. The van der Waals surface area contributed by atoms with Crippen molar-refractivity contribution in [1.82, 2.24) is 29.4 Å². The molecular weight excluding hydrogens is 1150 g/mol. The lowest BCUT2D eigenvalue weighted by atomic mass is 9.78. The summed E-state index contributed by atoms with van der Waals surface area (Å²) in [6.07, 6.45) is -0.861. The zero-order chi connectivity index (χ0) is 52.1. The van der Waals surface area contributed by atoms with Crippen LogP contribution in [0, 0.1) is 15.3 Å². The molecule has 0 unspecified atom stereocenters. The van der Waals surface area contributed by atoms with Crippen LogP contribution in [0.3, 0.4) is 0 Å².